The molecular formula is C9H9ClN2O. The summed E-state index contributed by atoms with van der Waals surface area (Å²) in [6.07, 6.45) is 2.58. The van der Waals surface area contributed by atoms with Gasteiger partial charge in [-0.3, -0.25) is 0 Å². The molecule has 1 atom stereocenters. The molecule has 0 radical (unpaired) electrons. The van der Waals surface area contributed by atoms with Crippen LogP contribution in [0.2, 0.25) is 5.15 Å². The summed E-state index contributed by atoms with van der Waals surface area (Å²) in [5.74, 6) is -0.124. The highest BCUT2D eigenvalue weighted by atomic mass is 35.5. The van der Waals surface area contributed by atoms with Crippen LogP contribution in [0.3, 0.4) is 0 Å². The van der Waals surface area contributed by atoms with Gasteiger partial charge < -0.3 is 9.69 Å². The number of likely N-dealkylation sites (N-methyl/N-ethyl adjacent to an activating group) is 1. The number of aromatic nitrogens is 1. The molecule has 1 unspecified atom stereocenters. The van der Waals surface area contributed by atoms with Gasteiger partial charge in [0.2, 0.25) is 0 Å². The third-order valence-corrected chi connectivity index (χ3v) is 2.64. The summed E-state index contributed by atoms with van der Waals surface area (Å²) in [7, 11) is 1.94. The molecule has 68 valence electrons. The van der Waals surface area contributed by atoms with Crippen LogP contribution >= 0.6 is 11.6 Å². The summed E-state index contributed by atoms with van der Waals surface area (Å²) >= 11 is 5.91. The highest BCUT2D eigenvalue weighted by molar-refractivity contribution is 6.30. The minimum atomic E-state index is -0.124. The van der Waals surface area contributed by atoms with Gasteiger partial charge in [-0.2, -0.15) is 0 Å². The Balaban J connectivity index is 2.58. The lowest BCUT2D eigenvalue weighted by atomic mass is 10.1. The molecule has 1 aromatic heterocycles. The number of carbonyl (C=O) groups is 1. The number of nitrogens with zero attached hydrogens (tertiary/aromatic N) is 2. The van der Waals surface area contributed by atoms with E-state index in [4.69, 9.17) is 11.6 Å². The zero-order valence-electron chi connectivity index (χ0n) is 7.20. The average Bonchev–Trinajstić information content (AvgIpc) is 2.45. The van der Waals surface area contributed by atoms with Gasteiger partial charge in [0.25, 0.3) is 0 Å². The van der Waals surface area contributed by atoms with Crippen LogP contribution in [0.25, 0.3) is 0 Å². The maximum atomic E-state index is 10.8. The van der Waals surface area contributed by atoms with Crippen LogP contribution in [0.5, 0.6) is 0 Å². The van der Waals surface area contributed by atoms with Gasteiger partial charge in [-0.1, -0.05) is 11.6 Å². The molecule has 0 spiro atoms. The van der Waals surface area contributed by atoms with Crippen LogP contribution < -0.4 is 4.90 Å². The number of aldehydes is 1. The molecular weight excluding hydrogens is 188 g/mol. The van der Waals surface area contributed by atoms with Gasteiger partial charge >= 0.3 is 0 Å². The lowest BCUT2D eigenvalue weighted by molar-refractivity contribution is -0.108. The first-order valence-corrected chi connectivity index (χ1v) is 4.42. The molecule has 1 aromatic rings. The van der Waals surface area contributed by atoms with E-state index in [1.807, 2.05) is 18.0 Å². The Morgan fingerprint density at radius 3 is 3.23 bits per heavy atom. The van der Waals surface area contributed by atoms with Crippen LogP contribution in [0.1, 0.15) is 11.5 Å². The van der Waals surface area contributed by atoms with Crippen LogP contribution in [0, 0.1) is 0 Å². The Morgan fingerprint density at radius 1 is 1.77 bits per heavy atom. The van der Waals surface area contributed by atoms with Crippen LogP contribution in [0.15, 0.2) is 12.3 Å². The largest absolute Gasteiger partial charge is 0.373 e. The molecule has 4 heteroatoms. The first kappa shape index (κ1) is 8.51. The van der Waals surface area contributed by atoms with Crippen LogP contribution in [-0.2, 0) is 4.79 Å². The van der Waals surface area contributed by atoms with Crippen molar-refractivity contribution >= 4 is 23.6 Å². The lowest BCUT2D eigenvalue weighted by Gasteiger charge is -2.10. The second-order valence-electron chi connectivity index (χ2n) is 3.16. The topological polar surface area (TPSA) is 33.2 Å². The smallest absolute Gasteiger partial charge is 0.135 e. The quantitative estimate of drug-likeness (QED) is 0.504. The monoisotopic (exact) mass is 196 g/mol. The number of anilines is 1. The molecule has 0 saturated heterocycles. The van der Waals surface area contributed by atoms with E-state index in [0.717, 1.165) is 17.5 Å². The first-order valence-electron chi connectivity index (χ1n) is 4.05. The molecule has 3 nitrogen and oxygen atoms in total. The molecule has 2 heterocycles. The molecule has 0 N–H and O–H groups in total. The van der Waals surface area contributed by atoms with E-state index in [9.17, 15) is 4.79 Å². The molecule has 0 bridgehead atoms. The van der Waals surface area contributed by atoms with E-state index < -0.39 is 0 Å². The van der Waals surface area contributed by atoms with Crippen molar-refractivity contribution in [2.45, 2.75) is 5.92 Å². The second-order valence-corrected chi connectivity index (χ2v) is 3.52. The summed E-state index contributed by atoms with van der Waals surface area (Å²) in [6.45, 7) is 0.699. The van der Waals surface area contributed by atoms with Crippen LogP contribution in [0.4, 0.5) is 5.69 Å². The van der Waals surface area contributed by atoms with Crippen molar-refractivity contribution in [3.05, 3.63) is 23.0 Å². The van der Waals surface area contributed by atoms with Gasteiger partial charge in [0.15, 0.2) is 0 Å². The van der Waals surface area contributed by atoms with E-state index in [0.29, 0.717) is 11.7 Å². The molecule has 0 fully saturated rings. The minimum Gasteiger partial charge on any atom is -0.373 e. The van der Waals surface area contributed by atoms with E-state index in [1.54, 1.807) is 6.20 Å². The molecule has 1 aliphatic heterocycles. The van der Waals surface area contributed by atoms with Gasteiger partial charge in [-0.05, 0) is 6.07 Å². The van der Waals surface area contributed by atoms with Crippen LogP contribution in [-0.4, -0.2) is 24.9 Å². The van der Waals surface area contributed by atoms with Gasteiger partial charge in [0.1, 0.15) is 11.4 Å². The number of pyridine rings is 1. The van der Waals surface area contributed by atoms with Crippen molar-refractivity contribution in [3.63, 3.8) is 0 Å². The first-order chi connectivity index (χ1) is 6.24. The van der Waals surface area contributed by atoms with E-state index in [-0.39, 0.29) is 5.92 Å². The fourth-order valence-electron chi connectivity index (χ4n) is 1.71. The number of fused-ring (bicyclic) bond motifs is 1. The SMILES string of the molecule is CN1CC(C=O)c2c1ccnc2Cl. The van der Waals surface area contributed by atoms with E-state index >= 15 is 0 Å². The van der Waals surface area contributed by atoms with Crippen molar-refractivity contribution in [2.75, 3.05) is 18.5 Å². The van der Waals surface area contributed by atoms with Crippen molar-refractivity contribution in [1.82, 2.24) is 4.98 Å². The maximum Gasteiger partial charge on any atom is 0.135 e. The molecule has 2 rings (SSSR count). The van der Waals surface area contributed by atoms with Crippen molar-refractivity contribution in [2.24, 2.45) is 0 Å². The van der Waals surface area contributed by atoms with E-state index in [1.165, 1.54) is 0 Å². The standard InChI is InChI=1S/C9H9ClN2O/c1-12-4-6(5-13)8-7(12)2-3-11-9(8)10/h2-3,5-6H,4H2,1H3. The second kappa shape index (κ2) is 3.00. The van der Waals surface area contributed by atoms with E-state index in [2.05, 4.69) is 4.98 Å². The van der Waals surface area contributed by atoms with Gasteiger partial charge in [-0.15, -0.1) is 0 Å². The number of hydrogen-bond acceptors (Lipinski definition) is 3. The van der Waals surface area contributed by atoms with Crippen molar-refractivity contribution in [3.8, 4) is 0 Å². The third-order valence-electron chi connectivity index (χ3n) is 2.34. The Labute approximate surface area is 81.3 Å². The fraction of sp³-hybridized carbons (Fsp3) is 0.333. The Bertz CT molecular complexity index is 353. The predicted octanol–water partition coefficient (Wildman–Crippen LogP) is 1.47. The van der Waals surface area contributed by atoms with Crippen molar-refractivity contribution in [1.29, 1.82) is 0 Å². The molecule has 0 saturated carbocycles. The predicted molar refractivity (Wildman–Crippen MR) is 51.3 cm³/mol. The molecule has 1 aliphatic rings. The number of carbonyl (C=O) groups excluding carboxylic acids is 1. The Kier molecular flexibility index (Phi) is 1.96. The number of hydrogen-bond donors (Lipinski definition) is 0. The summed E-state index contributed by atoms with van der Waals surface area (Å²) in [5.41, 5.74) is 1.87. The zero-order valence-corrected chi connectivity index (χ0v) is 7.95. The number of halogens is 1. The normalized spacial score (nSPS) is 20.2. The summed E-state index contributed by atoms with van der Waals surface area (Å²) in [6, 6.07) is 1.88. The molecule has 13 heavy (non-hydrogen) atoms. The average molecular weight is 197 g/mol. The molecule has 0 aromatic carbocycles. The zero-order chi connectivity index (χ0) is 9.42. The summed E-state index contributed by atoms with van der Waals surface area (Å²) < 4.78 is 0. The summed E-state index contributed by atoms with van der Waals surface area (Å²) in [5, 5.41) is 0.443. The highest BCUT2D eigenvalue weighted by Gasteiger charge is 2.28. The molecule has 0 aliphatic carbocycles. The van der Waals surface area contributed by atoms with Gasteiger partial charge in [0.05, 0.1) is 5.92 Å². The third kappa shape index (κ3) is 1.20. The number of rotatable bonds is 1. The maximum absolute atomic E-state index is 10.8. The Morgan fingerprint density at radius 2 is 2.54 bits per heavy atom. The van der Waals surface area contributed by atoms with Crippen molar-refractivity contribution < 1.29 is 4.79 Å². The van der Waals surface area contributed by atoms with Gasteiger partial charge in [0, 0.05) is 31.0 Å². The minimum absolute atomic E-state index is 0.124. The fourth-order valence-corrected chi connectivity index (χ4v) is 2.00. The lowest BCUT2D eigenvalue weighted by Crippen LogP contribution is -2.15. The summed E-state index contributed by atoms with van der Waals surface area (Å²) in [4.78, 5) is 16.7. The Hall–Kier alpha value is -1.09. The van der Waals surface area contributed by atoms with Gasteiger partial charge in [-0.25, -0.2) is 4.98 Å². The molecule has 0 amide bonds. The highest BCUT2D eigenvalue weighted by Crippen LogP contribution is 2.37.